The van der Waals surface area contributed by atoms with Crippen molar-refractivity contribution in [3.05, 3.63) is 0 Å². The first-order valence-electron chi connectivity index (χ1n) is 6.92. The predicted octanol–water partition coefficient (Wildman–Crippen LogP) is 2.58. The van der Waals surface area contributed by atoms with E-state index < -0.39 is 16.6 Å². The Hall–Kier alpha value is -0.506. The molecule has 0 bridgehead atoms. The summed E-state index contributed by atoms with van der Waals surface area (Å²) >= 11 is 0. The van der Waals surface area contributed by atoms with Gasteiger partial charge in [0.1, 0.15) is 5.78 Å². The molecule has 0 heterocycles. The molecule has 5 nitrogen and oxygen atoms in total. The van der Waals surface area contributed by atoms with E-state index in [1.165, 1.54) is 0 Å². The van der Waals surface area contributed by atoms with Crippen LogP contribution in [-0.4, -0.2) is 48.7 Å². The van der Waals surface area contributed by atoms with E-state index in [1.54, 1.807) is 14.0 Å². The molecule has 0 amide bonds. The molecule has 0 spiro atoms. The van der Waals surface area contributed by atoms with Gasteiger partial charge in [-0.3, -0.25) is 4.79 Å². The van der Waals surface area contributed by atoms with Crippen LogP contribution in [0, 0.1) is 0 Å². The quantitative estimate of drug-likeness (QED) is 0.352. The number of carbonyl (C=O) groups is 2. The molecule has 20 heavy (non-hydrogen) atoms. The molecule has 0 rings (SSSR count). The Kier molecular flexibility index (Phi) is 8.49. The second kappa shape index (κ2) is 8.71. The lowest BCUT2D eigenvalue weighted by Gasteiger charge is -2.32. The van der Waals surface area contributed by atoms with Crippen LogP contribution in [0.15, 0.2) is 0 Å². The zero-order valence-corrected chi connectivity index (χ0v) is 15.6. The lowest BCUT2D eigenvalue weighted by molar-refractivity contribution is -0.141. The van der Waals surface area contributed by atoms with E-state index in [0.29, 0.717) is 31.7 Å². The topological polar surface area (TPSA) is 61.8 Å². The molecule has 0 aliphatic rings. The summed E-state index contributed by atoms with van der Waals surface area (Å²) < 4.78 is 16.2. The molecule has 0 atom stereocenters. The van der Waals surface area contributed by atoms with Gasteiger partial charge >= 0.3 is 5.97 Å². The lowest BCUT2D eigenvalue weighted by atomic mass is 10.5. The summed E-state index contributed by atoms with van der Waals surface area (Å²) in [7, 11) is -2.54. The van der Waals surface area contributed by atoms with Gasteiger partial charge in [-0.1, -0.05) is 0 Å². The molecule has 7 heteroatoms. The van der Waals surface area contributed by atoms with Gasteiger partial charge in [-0.2, -0.15) is 0 Å². The van der Waals surface area contributed by atoms with Crippen molar-refractivity contribution in [2.24, 2.45) is 0 Å². The van der Waals surface area contributed by atoms with Gasteiger partial charge in [0.05, 0.1) is 12.7 Å². The summed E-state index contributed by atoms with van der Waals surface area (Å²) in [6.45, 7) is 10.6. The molecular formula is C13H28O5Si2. The van der Waals surface area contributed by atoms with Crippen molar-refractivity contribution in [2.45, 2.75) is 51.6 Å². The summed E-state index contributed by atoms with van der Waals surface area (Å²) in [4.78, 5) is 23.0. The summed E-state index contributed by atoms with van der Waals surface area (Å²) in [5.74, 6) is -0.0704. The Morgan fingerprint density at radius 1 is 0.950 bits per heavy atom. The molecule has 0 aromatic heterocycles. The van der Waals surface area contributed by atoms with Crippen LogP contribution < -0.4 is 0 Å². The maximum Gasteiger partial charge on any atom is 0.305 e. The highest BCUT2D eigenvalue weighted by Crippen LogP contribution is 2.22. The summed E-state index contributed by atoms with van der Waals surface area (Å²) in [6.07, 6.45) is 0.704. The first kappa shape index (κ1) is 19.5. The fourth-order valence-electron chi connectivity index (χ4n) is 2.21. The standard InChI is InChI=1S/C13H28O5Si2/c1-12(14)10-19(3,4)18-20(5,6)11-13(15)17-9-7-8-16-2/h7-11H2,1-6H3. The molecule has 0 N–H and O–H groups in total. The molecule has 0 aromatic carbocycles. The van der Waals surface area contributed by atoms with Crippen LogP contribution >= 0.6 is 0 Å². The molecule has 0 aliphatic heterocycles. The number of rotatable bonds is 10. The van der Waals surface area contributed by atoms with E-state index in [0.717, 1.165) is 0 Å². The minimum atomic E-state index is -2.13. The second-order valence-corrected chi connectivity index (χ2v) is 14.8. The number of ketones is 1. The number of Topliss-reactive ketones (excluding diaryl/α,β-unsaturated/α-hetero) is 1. The third-order valence-corrected chi connectivity index (χ3v) is 9.46. The minimum Gasteiger partial charge on any atom is -0.466 e. The molecule has 0 fully saturated rings. The summed E-state index contributed by atoms with van der Waals surface area (Å²) in [5.41, 5.74) is 0. The summed E-state index contributed by atoms with van der Waals surface area (Å²) in [6, 6.07) is 0.820. The average Bonchev–Trinajstić information content (AvgIpc) is 2.19. The first-order chi connectivity index (χ1) is 9.08. The molecule has 0 aliphatic carbocycles. The van der Waals surface area contributed by atoms with Gasteiger partial charge in [-0.25, -0.2) is 0 Å². The SMILES string of the molecule is COCCCOC(=O)C[Si](C)(C)O[Si](C)(C)CC(C)=O. The highest BCUT2D eigenvalue weighted by Gasteiger charge is 2.36. The molecule has 118 valence electrons. The van der Waals surface area contributed by atoms with Gasteiger partial charge < -0.3 is 18.4 Å². The van der Waals surface area contributed by atoms with E-state index in [4.69, 9.17) is 13.6 Å². The van der Waals surface area contributed by atoms with Crippen molar-refractivity contribution < 1.29 is 23.2 Å². The third-order valence-electron chi connectivity index (χ3n) is 2.55. The van der Waals surface area contributed by atoms with E-state index in [1.807, 2.05) is 26.2 Å². The zero-order valence-electron chi connectivity index (χ0n) is 13.6. The van der Waals surface area contributed by atoms with Crippen molar-refractivity contribution in [3.8, 4) is 0 Å². The van der Waals surface area contributed by atoms with E-state index in [2.05, 4.69) is 0 Å². The molecule has 0 saturated carbocycles. The number of carbonyl (C=O) groups excluding carboxylic acids is 2. The van der Waals surface area contributed by atoms with Gasteiger partial charge in [-0.05, 0) is 33.1 Å². The van der Waals surface area contributed by atoms with Crippen molar-refractivity contribution >= 4 is 28.4 Å². The van der Waals surface area contributed by atoms with Crippen LogP contribution in [0.3, 0.4) is 0 Å². The number of esters is 1. The Morgan fingerprint density at radius 3 is 2.00 bits per heavy atom. The van der Waals surface area contributed by atoms with Gasteiger partial charge in [0.2, 0.25) is 0 Å². The number of hydrogen-bond donors (Lipinski definition) is 0. The predicted molar refractivity (Wildman–Crippen MR) is 83.8 cm³/mol. The van der Waals surface area contributed by atoms with Crippen LogP contribution in [0.5, 0.6) is 0 Å². The Labute approximate surface area is 124 Å². The maximum absolute atomic E-state index is 11.8. The van der Waals surface area contributed by atoms with Crippen molar-refractivity contribution in [1.29, 1.82) is 0 Å². The largest absolute Gasteiger partial charge is 0.466 e. The Morgan fingerprint density at radius 2 is 1.50 bits per heavy atom. The van der Waals surface area contributed by atoms with Gasteiger partial charge in [0, 0.05) is 26.2 Å². The fourth-order valence-corrected chi connectivity index (χ4v) is 10.8. The van der Waals surface area contributed by atoms with Crippen LogP contribution in [0.25, 0.3) is 0 Å². The Balaban J connectivity index is 4.22. The third kappa shape index (κ3) is 10.3. The fraction of sp³-hybridized carbons (Fsp3) is 0.846. The van der Waals surface area contributed by atoms with Crippen molar-refractivity contribution in [1.82, 2.24) is 0 Å². The number of ether oxygens (including phenoxy) is 2. The molecular weight excluding hydrogens is 292 g/mol. The molecule has 0 aromatic rings. The average molecular weight is 321 g/mol. The van der Waals surface area contributed by atoms with E-state index in [-0.39, 0.29) is 11.8 Å². The normalized spacial score (nSPS) is 12.3. The second-order valence-electron chi connectivity index (χ2n) is 6.24. The number of methoxy groups -OCH3 is 1. The first-order valence-corrected chi connectivity index (χ1v) is 13.2. The van der Waals surface area contributed by atoms with Gasteiger partial charge in [0.15, 0.2) is 16.6 Å². The van der Waals surface area contributed by atoms with Crippen molar-refractivity contribution in [3.63, 3.8) is 0 Å². The number of hydrogen-bond acceptors (Lipinski definition) is 5. The van der Waals surface area contributed by atoms with Gasteiger partial charge in [-0.15, -0.1) is 0 Å². The van der Waals surface area contributed by atoms with Crippen LogP contribution in [0.1, 0.15) is 13.3 Å². The Bertz CT molecular complexity index is 329. The lowest BCUT2D eigenvalue weighted by Crippen LogP contribution is -2.46. The van der Waals surface area contributed by atoms with Gasteiger partial charge in [0.25, 0.3) is 0 Å². The van der Waals surface area contributed by atoms with Crippen LogP contribution in [0.4, 0.5) is 0 Å². The van der Waals surface area contributed by atoms with Crippen molar-refractivity contribution in [2.75, 3.05) is 20.3 Å². The van der Waals surface area contributed by atoms with Crippen LogP contribution in [-0.2, 0) is 23.2 Å². The zero-order chi connectivity index (χ0) is 15.8. The molecule has 0 saturated heterocycles. The molecule has 0 radical (unpaired) electrons. The highest BCUT2D eigenvalue weighted by atomic mass is 28.4. The summed E-state index contributed by atoms with van der Waals surface area (Å²) in [5, 5.41) is 0. The van der Waals surface area contributed by atoms with E-state index >= 15 is 0 Å². The molecule has 0 unspecified atom stereocenters. The smallest absolute Gasteiger partial charge is 0.305 e. The highest BCUT2D eigenvalue weighted by molar-refractivity contribution is 6.87. The minimum absolute atomic E-state index is 0.147. The monoisotopic (exact) mass is 320 g/mol. The van der Waals surface area contributed by atoms with Crippen LogP contribution in [0.2, 0.25) is 38.3 Å². The van der Waals surface area contributed by atoms with E-state index in [9.17, 15) is 9.59 Å². The maximum atomic E-state index is 11.8.